The molecule has 0 radical (unpaired) electrons. The number of nitrogens with zero attached hydrogens (tertiary/aromatic N) is 3. The van der Waals surface area contributed by atoms with Crippen LogP contribution < -0.4 is 4.74 Å². The molecule has 0 saturated heterocycles. The average molecular weight is 257 g/mol. The lowest BCUT2D eigenvalue weighted by molar-refractivity contribution is 0.416. The van der Waals surface area contributed by atoms with Gasteiger partial charge >= 0.3 is 0 Å². The zero-order chi connectivity index (χ0) is 13.2. The average Bonchev–Trinajstić information content (AvgIpc) is 2.86. The maximum atomic E-state index is 13.7. The van der Waals surface area contributed by atoms with Crippen LogP contribution in [0.1, 0.15) is 5.56 Å². The van der Waals surface area contributed by atoms with Gasteiger partial charge < -0.3 is 4.74 Å². The quantitative estimate of drug-likeness (QED) is 0.724. The van der Waals surface area contributed by atoms with Crippen LogP contribution in [-0.4, -0.2) is 22.1 Å². The molecule has 0 aliphatic heterocycles. The predicted octanol–water partition coefficient (Wildman–Crippen LogP) is 2.63. The van der Waals surface area contributed by atoms with E-state index in [1.807, 2.05) is 30.3 Å². The van der Waals surface area contributed by atoms with E-state index in [9.17, 15) is 4.39 Å². The Hall–Kier alpha value is -2.43. The van der Waals surface area contributed by atoms with Crippen LogP contribution in [0, 0.1) is 5.82 Å². The SMILES string of the molecule is COc1ccc(F)c2nnn(Cc3ccccc3)c12. The van der Waals surface area contributed by atoms with Gasteiger partial charge in [-0.05, 0) is 17.7 Å². The Morgan fingerprint density at radius 2 is 1.95 bits per heavy atom. The molecule has 1 heterocycles. The summed E-state index contributed by atoms with van der Waals surface area (Å²) in [6.07, 6.45) is 0. The highest BCUT2D eigenvalue weighted by atomic mass is 19.1. The normalized spacial score (nSPS) is 10.8. The van der Waals surface area contributed by atoms with E-state index >= 15 is 0 Å². The van der Waals surface area contributed by atoms with Crippen molar-refractivity contribution in [2.75, 3.05) is 7.11 Å². The highest BCUT2D eigenvalue weighted by molar-refractivity contribution is 5.81. The van der Waals surface area contributed by atoms with Crippen molar-refractivity contribution in [3.8, 4) is 5.75 Å². The fourth-order valence-electron chi connectivity index (χ4n) is 2.06. The van der Waals surface area contributed by atoms with Crippen LogP contribution in [0.15, 0.2) is 42.5 Å². The first-order valence-corrected chi connectivity index (χ1v) is 5.89. The summed E-state index contributed by atoms with van der Waals surface area (Å²) in [6.45, 7) is 0.525. The first-order chi connectivity index (χ1) is 9.29. The van der Waals surface area contributed by atoms with E-state index < -0.39 is 5.82 Å². The zero-order valence-electron chi connectivity index (χ0n) is 10.4. The zero-order valence-corrected chi connectivity index (χ0v) is 10.4. The molecule has 2 aromatic carbocycles. The molecule has 0 fully saturated rings. The molecule has 4 nitrogen and oxygen atoms in total. The highest BCUT2D eigenvalue weighted by Gasteiger charge is 2.14. The molecule has 0 aliphatic rings. The molecule has 0 saturated carbocycles. The van der Waals surface area contributed by atoms with Crippen LogP contribution in [0.5, 0.6) is 5.75 Å². The van der Waals surface area contributed by atoms with Gasteiger partial charge in [0.1, 0.15) is 11.3 Å². The largest absolute Gasteiger partial charge is 0.494 e. The number of rotatable bonds is 3. The molecule has 3 aromatic rings. The second-order valence-electron chi connectivity index (χ2n) is 4.18. The highest BCUT2D eigenvalue weighted by Crippen LogP contribution is 2.26. The van der Waals surface area contributed by atoms with E-state index in [1.54, 1.807) is 17.9 Å². The molecule has 0 N–H and O–H groups in total. The molecule has 1 aromatic heterocycles. The molecule has 0 atom stereocenters. The van der Waals surface area contributed by atoms with E-state index in [-0.39, 0.29) is 5.52 Å². The summed E-state index contributed by atoms with van der Waals surface area (Å²) in [7, 11) is 1.55. The lowest BCUT2D eigenvalue weighted by Crippen LogP contribution is -2.02. The minimum Gasteiger partial charge on any atom is -0.494 e. The van der Waals surface area contributed by atoms with Crippen molar-refractivity contribution in [3.05, 3.63) is 53.8 Å². The van der Waals surface area contributed by atoms with Gasteiger partial charge in [0.05, 0.1) is 13.7 Å². The van der Waals surface area contributed by atoms with Crippen molar-refractivity contribution >= 4 is 11.0 Å². The first-order valence-electron chi connectivity index (χ1n) is 5.89. The molecule has 0 bridgehead atoms. The van der Waals surface area contributed by atoms with E-state index in [0.29, 0.717) is 17.8 Å². The second-order valence-corrected chi connectivity index (χ2v) is 4.18. The second kappa shape index (κ2) is 4.68. The summed E-state index contributed by atoms with van der Waals surface area (Å²) in [6, 6.07) is 12.7. The molecule has 19 heavy (non-hydrogen) atoms. The Labute approximate surface area is 109 Å². The van der Waals surface area contributed by atoms with Crippen LogP contribution in [-0.2, 0) is 6.54 Å². The van der Waals surface area contributed by atoms with Crippen LogP contribution >= 0.6 is 0 Å². The minimum absolute atomic E-state index is 0.232. The van der Waals surface area contributed by atoms with Crippen molar-refractivity contribution in [1.82, 2.24) is 15.0 Å². The Bertz CT molecular complexity index is 709. The van der Waals surface area contributed by atoms with Crippen molar-refractivity contribution in [1.29, 1.82) is 0 Å². The number of methoxy groups -OCH3 is 1. The number of benzene rings is 2. The van der Waals surface area contributed by atoms with Gasteiger partial charge in [-0.2, -0.15) is 0 Å². The van der Waals surface area contributed by atoms with Gasteiger partial charge in [0.25, 0.3) is 0 Å². The van der Waals surface area contributed by atoms with Gasteiger partial charge in [0.2, 0.25) is 0 Å². The van der Waals surface area contributed by atoms with Gasteiger partial charge in [-0.3, -0.25) is 0 Å². The topological polar surface area (TPSA) is 39.9 Å². The van der Waals surface area contributed by atoms with Gasteiger partial charge in [-0.25, -0.2) is 9.07 Å². The van der Waals surface area contributed by atoms with E-state index in [4.69, 9.17) is 4.74 Å². The number of fused-ring (bicyclic) bond motifs is 1. The van der Waals surface area contributed by atoms with E-state index in [2.05, 4.69) is 10.3 Å². The third-order valence-electron chi connectivity index (χ3n) is 2.97. The fourth-order valence-corrected chi connectivity index (χ4v) is 2.06. The Kier molecular flexibility index (Phi) is 2.87. The van der Waals surface area contributed by atoms with Crippen LogP contribution in [0.3, 0.4) is 0 Å². The molecule has 5 heteroatoms. The monoisotopic (exact) mass is 257 g/mol. The maximum Gasteiger partial charge on any atom is 0.153 e. The number of aromatic nitrogens is 3. The molecule has 0 aliphatic carbocycles. The lowest BCUT2D eigenvalue weighted by Gasteiger charge is -2.06. The maximum absolute atomic E-state index is 13.7. The molecular formula is C14H12FN3O. The van der Waals surface area contributed by atoms with Crippen LogP contribution in [0.4, 0.5) is 4.39 Å². The molecule has 0 unspecified atom stereocenters. The molecular weight excluding hydrogens is 245 g/mol. The Balaban J connectivity index is 2.12. The first kappa shape index (κ1) is 11.6. The van der Waals surface area contributed by atoms with Crippen molar-refractivity contribution in [2.24, 2.45) is 0 Å². The van der Waals surface area contributed by atoms with Crippen molar-refractivity contribution in [3.63, 3.8) is 0 Å². The van der Waals surface area contributed by atoms with Gasteiger partial charge in [-0.1, -0.05) is 35.5 Å². The summed E-state index contributed by atoms with van der Waals surface area (Å²) in [4.78, 5) is 0. The molecule has 0 amide bonds. The standard InChI is InChI=1S/C14H12FN3O/c1-19-12-8-7-11(15)13-14(12)18(17-16-13)9-10-5-3-2-4-6-10/h2-8H,9H2,1H3. The van der Waals surface area contributed by atoms with Crippen LogP contribution in [0.25, 0.3) is 11.0 Å². The van der Waals surface area contributed by atoms with Crippen LogP contribution in [0.2, 0.25) is 0 Å². The van der Waals surface area contributed by atoms with Gasteiger partial charge in [0.15, 0.2) is 11.3 Å². The third-order valence-corrected chi connectivity index (χ3v) is 2.97. The number of halogens is 1. The van der Waals surface area contributed by atoms with Gasteiger partial charge in [-0.15, -0.1) is 5.10 Å². The molecule has 0 spiro atoms. The third kappa shape index (κ3) is 2.03. The summed E-state index contributed by atoms with van der Waals surface area (Å²) in [5, 5.41) is 7.89. The minimum atomic E-state index is -0.393. The molecule has 96 valence electrons. The predicted molar refractivity (Wildman–Crippen MR) is 69.6 cm³/mol. The molecule has 3 rings (SSSR count). The summed E-state index contributed by atoms with van der Waals surface area (Å²) in [5.41, 5.74) is 1.88. The summed E-state index contributed by atoms with van der Waals surface area (Å²) < 4.78 is 20.6. The number of hydrogen-bond acceptors (Lipinski definition) is 3. The number of ether oxygens (including phenoxy) is 1. The fraction of sp³-hybridized carbons (Fsp3) is 0.143. The van der Waals surface area contributed by atoms with E-state index in [1.165, 1.54) is 6.07 Å². The lowest BCUT2D eigenvalue weighted by atomic mass is 10.2. The summed E-state index contributed by atoms with van der Waals surface area (Å²) >= 11 is 0. The van der Waals surface area contributed by atoms with Crippen molar-refractivity contribution < 1.29 is 9.13 Å². The smallest absolute Gasteiger partial charge is 0.153 e. The van der Waals surface area contributed by atoms with Crippen molar-refractivity contribution in [2.45, 2.75) is 6.54 Å². The van der Waals surface area contributed by atoms with E-state index in [0.717, 1.165) is 5.56 Å². The Morgan fingerprint density at radius 1 is 1.16 bits per heavy atom. The summed E-state index contributed by atoms with van der Waals surface area (Å²) in [5.74, 6) is 0.174. The number of hydrogen-bond donors (Lipinski definition) is 0. The Morgan fingerprint density at radius 3 is 2.68 bits per heavy atom. The van der Waals surface area contributed by atoms with Gasteiger partial charge in [0, 0.05) is 0 Å².